The predicted molar refractivity (Wildman–Crippen MR) is 77.2 cm³/mol. The lowest BCUT2D eigenvalue weighted by Crippen LogP contribution is -2.22. The monoisotopic (exact) mass is 277 g/mol. The van der Waals surface area contributed by atoms with Crippen molar-refractivity contribution in [2.24, 2.45) is 10.7 Å². The van der Waals surface area contributed by atoms with Gasteiger partial charge in [-0.1, -0.05) is 23.9 Å². The lowest BCUT2D eigenvalue weighted by atomic mass is 10.1. The molecule has 1 aliphatic heterocycles. The molecular weight excluding hydrogens is 262 g/mol. The number of nitrogens with one attached hydrogen (secondary N) is 1. The zero-order valence-corrected chi connectivity index (χ0v) is 11.6. The van der Waals surface area contributed by atoms with Gasteiger partial charge in [-0.05, 0) is 31.0 Å². The van der Waals surface area contributed by atoms with E-state index in [-0.39, 0.29) is 23.4 Å². The minimum absolute atomic E-state index is 0.0844. The van der Waals surface area contributed by atoms with Crippen molar-refractivity contribution in [3.05, 3.63) is 29.3 Å². The lowest BCUT2D eigenvalue weighted by Gasteiger charge is -2.10. The maximum atomic E-state index is 11.9. The number of thioether (sulfide) groups is 1. The SMILES string of the molecule is Cc1ccc(C)c(NC(=O)C[C@H]2SC(N)=NC2=O)c1. The minimum atomic E-state index is -0.495. The maximum Gasteiger partial charge on any atom is 0.262 e. The van der Waals surface area contributed by atoms with Crippen molar-refractivity contribution in [1.29, 1.82) is 0 Å². The highest BCUT2D eigenvalue weighted by Gasteiger charge is 2.29. The molecular formula is C13H15N3O2S. The number of nitrogens with two attached hydrogens (primary N) is 1. The third-order valence-electron chi connectivity index (χ3n) is 2.80. The van der Waals surface area contributed by atoms with Crippen LogP contribution < -0.4 is 11.1 Å². The van der Waals surface area contributed by atoms with E-state index in [1.807, 2.05) is 32.0 Å². The van der Waals surface area contributed by atoms with Gasteiger partial charge in [-0.3, -0.25) is 9.59 Å². The number of aryl methyl sites for hydroxylation is 2. The third kappa shape index (κ3) is 3.35. The van der Waals surface area contributed by atoms with Crippen molar-refractivity contribution in [2.75, 3.05) is 5.32 Å². The second kappa shape index (κ2) is 5.44. The topological polar surface area (TPSA) is 84.6 Å². The molecule has 0 saturated heterocycles. The first-order valence-corrected chi connectivity index (χ1v) is 6.75. The van der Waals surface area contributed by atoms with Gasteiger partial charge < -0.3 is 11.1 Å². The molecule has 0 spiro atoms. The zero-order chi connectivity index (χ0) is 14.0. The molecule has 5 nitrogen and oxygen atoms in total. The van der Waals surface area contributed by atoms with Gasteiger partial charge in [0.05, 0.1) is 0 Å². The molecule has 19 heavy (non-hydrogen) atoms. The summed E-state index contributed by atoms with van der Waals surface area (Å²) in [5.41, 5.74) is 8.28. The summed E-state index contributed by atoms with van der Waals surface area (Å²) in [5, 5.41) is 2.55. The van der Waals surface area contributed by atoms with E-state index in [0.29, 0.717) is 0 Å². The molecule has 0 unspecified atom stereocenters. The van der Waals surface area contributed by atoms with Crippen molar-refractivity contribution in [1.82, 2.24) is 0 Å². The second-order valence-electron chi connectivity index (χ2n) is 4.47. The Morgan fingerprint density at radius 3 is 2.84 bits per heavy atom. The average Bonchev–Trinajstić information content (AvgIpc) is 2.62. The van der Waals surface area contributed by atoms with Crippen LogP contribution in [0.2, 0.25) is 0 Å². The summed E-state index contributed by atoms with van der Waals surface area (Å²) in [7, 11) is 0. The van der Waals surface area contributed by atoms with E-state index < -0.39 is 5.25 Å². The number of amidine groups is 1. The fourth-order valence-corrected chi connectivity index (χ4v) is 2.59. The smallest absolute Gasteiger partial charge is 0.262 e. The minimum Gasteiger partial charge on any atom is -0.378 e. The molecule has 0 aromatic heterocycles. The van der Waals surface area contributed by atoms with E-state index >= 15 is 0 Å². The Balaban J connectivity index is 1.99. The number of amides is 2. The first-order valence-electron chi connectivity index (χ1n) is 5.87. The summed E-state index contributed by atoms with van der Waals surface area (Å²) in [6.45, 7) is 3.88. The Kier molecular flexibility index (Phi) is 3.90. The highest BCUT2D eigenvalue weighted by atomic mass is 32.2. The van der Waals surface area contributed by atoms with E-state index in [0.717, 1.165) is 28.6 Å². The summed E-state index contributed by atoms with van der Waals surface area (Å²) >= 11 is 1.14. The van der Waals surface area contributed by atoms with Crippen molar-refractivity contribution >= 4 is 34.4 Å². The van der Waals surface area contributed by atoms with Crippen LogP contribution in [0.5, 0.6) is 0 Å². The number of carbonyl (C=O) groups is 2. The van der Waals surface area contributed by atoms with Crippen molar-refractivity contribution in [3.63, 3.8) is 0 Å². The molecule has 1 atom stereocenters. The highest BCUT2D eigenvalue weighted by molar-refractivity contribution is 8.15. The van der Waals surface area contributed by atoms with Crippen LogP contribution in [0.4, 0.5) is 5.69 Å². The maximum absolute atomic E-state index is 11.9. The van der Waals surface area contributed by atoms with Crippen LogP contribution in [0.25, 0.3) is 0 Å². The van der Waals surface area contributed by atoms with Gasteiger partial charge >= 0.3 is 0 Å². The first kappa shape index (κ1) is 13.6. The number of anilines is 1. The van der Waals surface area contributed by atoms with Crippen LogP contribution >= 0.6 is 11.8 Å². The van der Waals surface area contributed by atoms with Crippen molar-refractivity contribution in [2.45, 2.75) is 25.5 Å². The predicted octanol–water partition coefficient (Wildman–Crippen LogP) is 1.59. The van der Waals surface area contributed by atoms with Gasteiger partial charge in [0.15, 0.2) is 5.17 Å². The van der Waals surface area contributed by atoms with Gasteiger partial charge in [-0.25, -0.2) is 0 Å². The lowest BCUT2D eigenvalue weighted by molar-refractivity contribution is -0.121. The summed E-state index contributed by atoms with van der Waals surface area (Å²) < 4.78 is 0. The molecule has 1 aromatic rings. The number of nitrogens with zero attached hydrogens (tertiary/aromatic N) is 1. The molecule has 0 saturated carbocycles. The Labute approximate surface area is 115 Å². The van der Waals surface area contributed by atoms with E-state index in [1.54, 1.807) is 0 Å². The van der Waals surface area contributed by atoms with Crippen molar-refractivity contribution < 1.29 is 9.59 Å². The van der Waals surface area contributed by atoms with E-state index in [2.05, 4.69) is 10.3 Å². The summed E-state index contributed by atoms with van der Waals surface area (Å²) in [5.74, 6) is -0.539. The molecule has 0 radical (unpaired) electrons. The van der Waals surface area contributed by atoms with Crippen LogP contribution in [-0.2, 0) is 9.59 Å². The number of carbonyl (C=O) groups excluding carboxylic acids is 2. The molecule has 0 fully saturated rings. The third-order valence-corrected chi connectivity index (χ3v) is 3.78. The van der Waals surface area contributed by atoms with Gasteiger partial charge in [0.2, 0.25) is 5.91 Å². The van der Waals surface area contributed by atoms with Gasteiger partial charge in [0.1, 0.15) is 5.25 Å². The van der Waals surface area contributed by atoms with Crippen LogP contribution in [0.3, 0.4) is 0 Å². The molecule has 1 aliphatic rings. The van der Waals surface area contributed by atoms with Crippen LogP contribution in [0.15, 0.2) is 23.2 Å². The molecule has 1 aromatic carbocycles. The standard InChI is InChI=1S/C13H15N3O2S/c1-7-3-4-8(2)9(5-7)15-11(17)6-10-12(18)16-13(14)19-10/h3-5,10H,6H2,1-2H3,(H,15,17)(H2,14,16,18)/t10-/m1/s1. The van der Waals surface area contributed by atoms with Gasteiger partial charge in [-0.15, -0.1) is 0 Å². The molecule has 0 bridgehead atoms. The molecule has 1 heterocycles. The van der Waals surface area contributed by atoms with Crippen LogP contribution in [-0.4, -0.2) is 22.2 Å². The average molecular weight is 277 g/mol. The van der Waals surface area contributed by atoms with E-state index in [4.69, 9.17) is 5.73 Å². The fraction of sp³-hybridized carbons (Fsp3) is 0.308. The Morgan fingerprint density at radius 1 is 1.47 bits per heavy atom. The number of benzene rings is 1. The van der Waals surface area contributed by atoms with Crippen LogP contribution in [0, 0.1) is 13.8 Å². The van der Waals surface area contributed by atoms with Crippen molar-refractivity contribution in [3.8, 4) is 0 Å². The summed E-state index contributed by atoms with van der Waals surface area (Å²) in [4.78, 5) is 26.9. The molecule has 0 aliphatic carbocycles. The van der Waals surface area contributed by atoms with E-state index in [1.165, 1.54) is 0 Å². The highest BCUT2D eigenvalue weighted by Crippen LogP contribution is 2.24. The number of rotatable bonds is 3. The van der Waals surface area contributed by atoms with E-state index in [9.17, 15) is 9.59 Å². The molecule has 100 valence electrons. The Morgan fingerprint density at radius 2 is 2.21 bits per heavy atom. The summed E-state index contributed by atoms with van der Waals surface area (Å²) in [6.07, 6.45) is 0.0844. The number of aliphatic imine (C=N–C) groups is 1. The molecule has 6 heteroatoms. The molecule has 2 rings (SSSR count). The Hall–Kier alpha value is -1.82. The first-order chi connectivity index (χ1) is 8.95. The largest absolute Gasteiger partial charge is 0.378 e. The number of hydrogen-bond donors (Lipinski definition) is 2. The quantitative estimate of drug-likeness (QED) is 0.878. The second-order valence-corrected chi connectivity index (χ2v) is 5.69. The van der Waals surface area contributed by atoms with Gasteiger partial charge in [0.25, 0.3) is 5.91 Å². The van der Waals surface area contributed by atoms with Gasteiger partial charge in [0, 0.05) is 12.1 Å². The fourth-order valence-electron chi connectivity index (χ4n) is 1.77. The normalized spacial score (nSPS) is 18.3. The molecule has 2 amide bonds. The zero-order valence-electron chi connectivity index (χ0n) is 10.8. The van der Waals surface area contributed by atoms with Crippen LogP contribution in [0.1, 0.15) is 17.5 Å². The Bertz CT molecular complexity index is 569. The van der Waals surface area contributed by atoms with Gasteiger partial charge in [-0.2, -0.15) is 4.99 Å². The molecule has 3 N–H and O–H groups in total. The number of hydrogen-bond acceptors (Lipinski definition) is 4. The summed E-state index contributed by atoms with van der Waals surface area (Å²) in [6, 6.07) is 5.83.